The van der Waals surface area contributed by atoms with Crippen molar-refractivity contribution in [1.82, 2.24) is 15.0 Å². The van der Waals surface area contributed by atoms with E-state index in [1.54, 1.807) is 7.05 Å². The van der Waals surface area contributed by atoms with Crippen LogP contribution >= 0.6 is 0 Å². The maximum Gasteiger partial charge on any atom is 1.00 e. The molecule has 0 spiro atoms. The summed E-state index contributed by atoms with van der Waals surface area (Å²) < 4.78 is 5.51. The maximum absolute atomic E-state index is 12.5. The molecule has 9 heteroatoms. The van der Waals surface area contributed by atoms with E-state index < -0.39 is 17.6 Å². The molecule has 2 N–H and O–H groups in total. The number of carbonyl (C=O) groups is 1. The summed E-state index contributed by atoms with van der Waals surface area (Å²) in [6.07, 6.45) is 2.94. The molecule has 184 valence electrons. The molecule has 0 aliphatic heterocycles. The average molecular weight is 506 g/mol. The Bertz CT molecular complexity index is 1350. The first-order chi connectivity index (χ1) is 17.0. The van der Waals surface area contributed by atoms with E-state index in [1.807, 2.05) is 85.8 Å². The molecule has 1 saturated carbocycles. The molecule has 1 atom stereocenters. The van der Waals surface area contributed by atoms with Gasteiger partial charge in [-0.15, -0.1) is 10.5 Å². The fourth-order valence-electron chi connectivity index (χ4n) is 4.14. The predicted octanol–water partition coefficient (Wildman–Crippen LogP) is 2.43. The Labute approximate surface area is 237 Å². The number of hydrogen-bond donors (Lipinski definition) is 1. The van der Waals surface area contributed by atoms with E-state index in [9.17, 15) is 9.59 Å². The van der Waals surface area contributed by atoms with Crippen LogP contribution in [0.3, 0.4) is 0 Å². The number of aromatic nitrogens is 3. The summed E-state index contributed by atoms with van der Waals surface area (Å²) in [4.78, 5) is 25.2. The molecule has 0 radical (unpaired) electrons. The molecule has 5 rings (SSSR count). The number of rotatable bonds is 7. The van der Waals surface area contributed by atoms with Crippen molar-refractivity contribution >= 4 is 18.2 Å². The molecule has 37 heavy (non-hydrogen) atoms. The smallest absolute Gasteiger partial charge is 0.870 e. The van der Waals surface area contributed by atoms with Crippen molar-refractivity contribution in [3.8, 4) is 22.4 Å². The van der Waals surface area contributed by atoms with Crippen LogP contribution in [0, 0.1) is 0 Å². The van der Waals surface area contributed by atoms with Crippen molar-refractivity contribution in [2.75, 3.05) is 5.32 Å². The van der Waals surface area contributed by atoms with Crippen LogP contribution < -0.4 is 34.9 Å². The number of benzene rings is 3. The van der Waals surface area contributed by atoms with E-state index in [4.69, 9.17) is 4.74 Å². The monoisotopic (exact) mass is 505 g/mol. The number of anilines is 1. The SMILES string of the molecule is C[C@@H](OC(=O)Nc1nn(C)nc1-c1ccc(-c2ccc(C3([C-]=O)CC3)cc2)cc1)c1ccccc1.[Na+].[OH-]. The van der Waals surface area contributed by atoms with Crippen molar-refractivity contribution in [2.45, 2.75) is 31.3 Å². The minimum atomic E-state index is -0.596. The van der Waals surface area contributed by atoms with Crippen molar-refractivity contribution in [2.24, 2.45) is 7.05 Å². The van der Waals surface area contributed by atoms with Crippen molar-refractivity contribution in [3.05, 3.63) is 90.0 Å². The van der Waals surface area contributed by atoms with Gasteiger partial charge >= 0.3 is 35.7 Å². The largest absolute Gasteiger partial charge is 1.00 e. The van der Waals surface area contributed by atoms with Gasteiger partial charge < -0.3 is 15.0 Å². The number of nitrogens with zero attached hydrogens (tertiary/aromatic N) is 3. The van der Waals surface area contributed by atoms with Crippen LogP contribution in [0.25, 0.3) is 22.4 Å². The average Bonchev–Trinajstić information content (AvgIpc) is 3.61. The van der Waals surface area contributed by atoms with Gasteiger partial charge in [-0.1, -0.05) is 97.3 Å². The molecule has 1 aliphatic carbocycles. The molecular weight excluding hydrogens is 479 g/mol. The summed E-state index contributed by atoms with van der Waals surface area (Å²) in [5.41, 5.74) is 5.00. The first kappa shape index (κ1) is 28.3. The summed E-state index contributed by atoms with van der Waals surface area (Å²) in [5.74, 6) is 0.328. The zero-order valence-corrected chi connectivity index (χ0v) is 23.0. The molecule has 1 heterocycles. The summed E-state index contributed by atoms with van der Waals surface area (Å²) in [7, 11) is 1.70. The standard InChI is InChI=1S/C28H25N4O3.Na.H2O/c1-19(20-6-4-3-5-7-20)35-27(34)29-26-25(30-32(2)31-26)23-10-8-21(9-11-23)22-12-14-24(15-13-22)28(18-33)16-17-28;;/h3-15,19H,16-17H2,1-2H3,(H,29,31,34);;1H2/q-1;+1;/p-1/t19-;;/m1../s1. The van der Waals surface area contributed by atoms with E-state index in [-0.39, 0.29) is 35.0 Å². The van der Waals surface area contributed by atoms with E-state index in [2.05, 4.69) is 21.8 Å². The second kappa shape index (κ2) is 11.8. The predicted molar refractivity (Wildman–Crippen MR) is 135 cm³/mol. The van der Waals surface area contributed by atoms with Gasteiger partial charge in [0.2, 0.25) is 0 Å². The molecule has 1 aromatic heterocycles. The van der Waals surface area contributed by atoms with E-state index in [1.165, 1.54) is 4.80 Å². The molecule has 1 aliphatic rings. The van der Waals surface area contributed by atoms with Crippen molar-refractivity contribution < 1.29 is 49.4 Å². The Morgan fingerprint density at radius 2 is 1.51 bits per heavy atom. The second-order valence-corrected chi connectivity index (χ2v) is 8.81. The van der Waals surface area contributed by atoms with Crippen molar-refractivity contribution in [3.63, 3.8) is 0 Å². The first-order valence-electron chi connectivity index (χ1n) is 11.5. The number of ether oxygens (including phenoxy) is 1. The number of carbonyl (C=O) groups excluding carboxylic acids is 2. The molecular formula is C28H26N4NaO4-. The quantitative estimate of drug-likeness (QED) is 0.305. The van der Waals surface area contributed by atoms with E-state index in [0.717, 1.165) is 40.7 Å². The van der Waals surface area contributed by atoms with Gasteiger partial charge in [-0.3, -0.25) is 11.6 Å². The van der Waals surface area contributed by atoms with Crippen LogP contribution in [0.4, 0.5) is 10.6 Å². The Kier molecular flexibility index (Phi) is 9.04. The van der Waals surface area contributed by atoms with Crippen LogP contribution in [0.5, 0.6) is 0 Å². The van der Waals surface area contributed by atoms with E-state index >= 15 is 0 Å². The van der Waals surface area contributed by atoms with Crippen LogP contribution in [0.15, 0.2) is 78.9 Å². The normalized spacial score (nSPS) is 13.9. The summed E-state index contributed by atoms with van der Waals surface area (Å²) in [6, 6.07) is 25.5. The minimum absolute atomic E-state index is 0. The molecule has 0 unspecified atom stereocenters. The topological polar surface area (TPSA) is 116 Å². The number of nitrogens with one attached hydrogen (secondary N) is 1. The maximum atomic E-state index is 12.5. The van der Waals surface area contributed by atoms with Crippen LogP contribution in [0.1, 0.15) is 37.0 Å². The van der Waals surface area contributed by atoms with Gasteiger partial charge in [-0.2, -0.15) is 9.90 Å². The summed E-state index contributed by atoms with van der Waals surface area (Å²) in [5, 5.41) is 11.4. The molecule has 3 aromatic carbocycles. The Balaban J connectivity index is 0.00000190. The third-order valence-corrected chi connectivity index (χ3v) is 6.36. The number of amides is 1. The fourth-order valence-corrected chi connectivity index (χ4v) is 4.14. The molecule has 0 bridgehead atoms. The number of aryl methyl sites for hydroxylation is 1. The van der Waals surface area contributed by atoms with Crippen molar-refractivity contribution in [1.29, 1.82) is 0 Å². The van der Waals surface area contributed by atoms with Gasteiger partial charge in [0.1, 0.15) is 11.8 Å². The van der Waals surface area contributed by atoms with Crippen LogP contribution in [-0.2, 0) is 22.0 Å². The molecule has 1 fully saturated rings. The minimum Gasteiger partial charge on any atom is -0.870 e. The zero-order chi connectivity index (χ0) is 24.4. The molecule has 0 saturated heterocycles. The van der Waals surface area contributed by atoms with Gasteiger partial charge in [0.15, 0.2) is 5.82 Å². The van der Waals surface area contributed by atoms with Gasteiger partial charge in [0.25, 0.3) is 0 Å². The second-order valence-electron chi connectivity index (χ2n) is 8.81. The summed E-state index contributed by atoms with van der Waals surface area (Å²) in [6.45, 7) is 1.82. The Morgan fingerprint density at radius 3 is 2.08 bits per heavy atom. The molecule has 1 amide bonds. The van der Waals surface area contributed by atoms with Crippen LogP contribution in [0.2, 0.25) is 0 Å². The fraction of sp³-hybridized carbons (Fsp3) is 0.214. The Hall–Kier alpha value is -3.30. The van der Waals surface area contributed by atoms with Gasteiger partial charge in [0, 0.05) is 12.6 Å². The Morgan fingerprint density at radius 1 is 0.946 bits per heavy atom. The summed E-state index contributed by atoms with van der Waals surface area (Å²) >= 11 is 0. The van der Waals surface area contributed by atoms with E-state index in [0.29, 0.717) is 11.5 Å². The zero-order valence-electron chi connectivity index (χ0n) is 21.0. The van der Waals surface area contributed by atoms with Crippen LogP contribution in [-0.4, -0.2) is 32.8 Å². The molecule has 8 nitrogen and oxygen atoms in total. The van der Waals surface area contributed by atoms with Gasteiger partial charge in [-0.25, -0.2) is 4.79 Å². The number of hydrogen-bond acceptors (Lipinski definition) is 6. The molecule has 4 aromatic rings. The third kappa shape index (κ3) is 6.17. The third-order valence-electron chi connectivity index (χ3n) is 6.36. The first-order valence-corrected chi connectivity index (χ1v) is 11.5. The van der Waals surface area contributed by atoms with Gasteiger partial charge in [-0.05, 0) is 23.6 Å². The van der Waals surface area contributed by atoms with Gasteiger partial charge in [0.05, 0.1) is 0 Å².